The number of phosphoric acid groups is 1. The monoisotopic (exact) mass is 493 g/mol. The molecule has 2 atom stereocenters. The summed E-state index contributed by atoms with van der Waals surface area (Å²) in [5.74, 6) is 0. The van der Waals surface area contributed by atoms with Crippen LogP contribution < -0.4 is 0 Å². The van der Waals surface area contributed by atoms with Crippen LogP contribution in [0.25, 0.3) is 0 Å². The Balaban J connectivity index is 3.55. The van der Waals surface area contributed by atoms with E-state index in [2.05, 4.69) is 19.1 Å². The fourth-order valence-corrected chi connectivity index (χ4v) is 4.01. The van der Waals surface area contributed by atoms with Crippen molar-refractivity contribution in [2.24, 2.45) is 0 Å². The number of allylic oxidation sites excluding steroid dienone is 1. The van der Waals surface area contributed by atoms with E-state index in [9.17, 15) is 9.46 Å². The molecule has 0 bridgehead atoms. The topological polar surface area (TPSA) is 77.5 Å². The summed E-state index contributed by atoms with van der Waals surface area (Å²) >= 11 is 0. The molecule has 0 fully saturated rings. The Hall–Kier alpha value is -0.270. The molecule has 0 saturated heterocycles. The van der Waals surface area contributed by atoms with Gasteiger partial charge >= 0.3 is 7.82 Å². The minimum Gasteiger partial charge on any atom is -0.378 e. The van der Waals surface area contributed by atoms with Gasteiger partial charge < -0.3 is 19.3 Å². The fourth-order valence-electron chi connectivity index (χ4n) is 3.27. The molecular formula is C25H52NO6P. The zero-order valence-electron chi connectivity index (χ0n) is 21.8. The summed E-state index contributed by atoms with van der Waals surface area (Å²) in [6.07, 6.45) is 21.0. The average Bonchev–Trinajstić information content (AvgIpc) is 2.77. The third-order valence-electron chi connectivity index (χ3n) is 5.42. The van der Waals surface area contributed by atoms with Gasteiger partial charge in [0.1, 0.15) is 6.10 Å². The van der Waals surface area contributed by atoms with Crippen LogP contribution in [0.15, 0.2) is 12.2 Å². The Labute approximate surface area is 203 Å². The van der Waals surface area contributed by atoms with Crippen LogP contribution in [0.4, 0.5) is 0 Å². The van der Waals surface area contributed by atoms with Crippen molar-refractivity contribution in [2.75, 3.05) is 54.2 Å². The molecule has 0 amide bonds. The molecule has 0 aliphatic rings. The zero-order chi connectivity index (χ0) is 24.6. The molecule has 1 N–H and O–H groups in total. The van der Waals surface area contributed by atoms with Crippen LogP contribution in [0.5, 0.6) is 0 Å². The van der Waals surface area contributed by atoms with E-state index < -0.39 is 13.9 Å². The maximum atomic E-state index is 11.8. The number of unbranched alkanes of at least 4 members (excludes halogenated alkanes) is 11. The summed E-state index contributed by atoms with van der Waals surface area (Å²) in [5, 5.41) is 0. The van der Waals surface area contributed by atoms with Crippen molar-refractivity contribution in [3.8, 4) is 0 Å². The number of hydrogen-bond acceptors (Lipinski definition) is 6. The van der Waals surface area contributed by atoms with Crippen molar-refractivity contribution in [2.45, 2.75) is 96.5 Å². The van der Waals surface area contributed by atoms with Gasteiger partial charge in [0.05, 0.1) is 26.4 Å². The van der Waals surface area contributed by atoms with Gasteiger partial charge in [0.15, 0.2) is 0 Å². The first kappa shape index (κ1) is 32.7. The minimum absolute atomic E-state index is 0.0546. The van der Waals surface area contributed by atoms with Gasteiger partial charge in [0, 0.05) is 13.7 Å². The second kappa shape index (κ2) is 23.5. The summed E-state index contributed by atoms with van der Waals surface area (Å²) < 4.78 is 32.6. The summed E-state index contributed by atoms with van der Waals surface area (Å²) in [6.45, 7) is 3.77. The van der Waals surface area contributed by atoms with E-state index in [4.69, 9.17) is 18.5 Å². The number of nitrogens with zero attached hydrogens (tertiary/aromatic N) is 1. The Kier molecular flexibility index (Phi) is 23.3. The van der Waals surface area contributed by atoms with Gasteiger partial charge in [-0.25, -0.2) is 4.57 Å². The predicted octanol–water partition coefficient (Wildman–Crippen LogP) is 6.36. The van der Waals surface area contributed by atoms with Gasteiger partial charge in [-0.05, 0) is 33.4 Å². The SMILES string of the molecule is CCCCCCCCCCCCC/C=C/CCOCC(COP(=O)(O)OCCN(C)C)OC. The summed E-state index contributed by atoms with van der Waals surface area (Å²) in [5.41, 5.74) is 0. The molecular weight excluding hydrogens is 441 g/mol. The molecule has 0 spiro atoms. The van der Waals surface area contributed by atoms with E-state index >= 15 is 0 Å². The molecule has 0 heterocycles. The van der Waals surface area contributed by atoms with E-state index in [0.717, 1.165) is 12.8 Å². The molecule has 0 saturated carbocycles. The van der Waals surface area contributed by atoms with Crippen molar-refractivity contribution < 1.29 is 28.0 Å². The highest BCUT2D eigenvalue weighted by atomic mass is 31.2. The van der Waals surface area contributed by atoms with Gasteiger partial charge in [-0.1, -0.05) is 83.3 Å². The van der Waals surface area contributed by atoms with Crippen LogP contribution in [-0.2, 0) is 23.1 Å². The van der Waals surface area contributed by atoms with Crippen molar-refractivity contribution in [1.82, 2.24) is 4.90 Å². The highest BCUT2D eigenvalue weighted by Gasteiger charge is 2.23. The Morgan fingerprint density at radius 2 is 1.39 bits per heavy atom. The first-order valence-electron chi connectivity index (χ1n) is 12.9. The lowest BCUT2D eigenvalue weighted by Crippen LogP contribution is -2.24. The molecule has 33 heavy (non-hydrogen) atoms. The minimum atomic E-state index is -4.07. The molecule has 198 valence electrons. The smallest absolute Gasteiger partial charge is 0.378 e. The summed E-state index contributed by atoms with van der Waals surface area (Å²) in [7, 11) is 1.18. The van der Waals surface area contributed by atoms with E-state index in [1.807, 2.05) is 19.0 Å². The van der Waals surface area contributed by atoms with E-state index in [1.54, 1.807) is 0 Å². The molecule has 0 rings (SSSR count). The van der Waals surface area contributed by atoms with Gasteiger partial charge in [0.2, 0.25) is 0 Å². The molecule has 0 aromatic heterocycles. The molecule has 7 nitrogen and oxygen atoms in total. The lowest BCUT2D eigenvalue weighted by Gasteiger charge is -2.18. The lowest BCUT2D eigenvalue weighted by molar-refractivity contribution is -0.0206. The van der Waals surface area contributed by atoms with Crippen LogP contribution >= 0.6 is 7.82 Å². The van der Waals surface area contributed by atoms with Crippen molar-refractivity contribution in [3.63, 3.8) is 0 Å². The normalized spacial score (nSPS) is 14.8. The third-order valence-corrected chi connectivity index (χ3v) is 6.41. The highest BCUT2D eigenvalue weighted by Crippen LogP contribution is 2.43. The Bertz CT molecular complexity index is 490. The molecule has 2 unspecified atom stereocenters. The Morgan fingerprint density at radius 3 is 1.97 bits per heavy atom. The molecule has 0 aliphatic heterocycles. The highest BCUT2D eigenvalue weighted by molar-refractivity contribution is 7.47. The van der Waals surface area contributed by atoms with Crippen LogP contribution in [0, 0.1) is 0 Å². The number of phosphoric ester groups is 1. The summed E-state index contributed by atoms with van der Waals surface area (Å²) in [6, 6.07) is 0. The Morgan fingerprint density at radius 1 is 0.818 bits per heavy atom. The van der Waals surface area contributed by atoms with Gasteiger partial charge in [-0.2, -0.15) is 0 Å². The van der Waals surface area contributed by atoms with Gasteiger partial charge in [0.25, 0.3) is 0 Å². The third kappa shape index (κ3) is 24.7. The second-order valence-electron chi connectivity index (χ2n) is 8.92. The average molecular weight is 494 g/mol. The number of rotatable bonds is 25. The number of hydrogen-bond donors (Lipinski definition) is 1. The van der Waals surface area contributed by atoms with Crippen LogP contribution in [0.3, 0.4) is 0 Å². The molecule has 8 heteroatoms. The van der Waals surface area contributed by atoms with E-state index in [0.29, 0.717) is 19.8 Å². The van der Waals surface area contributed by atoms with E-state index in [-0.39, 0.29) is 13.2 Å². The summed E-state index contributed by atoms with van der Waals surface area (Å²) in [4.78, 5) is 11.5. The van der Waals surface area contributed by atoms with Crippen LogP contribution in [0.2, 0.25) is 0 Å². The molecule has 0 aromatic rings. The van der Waals surface area contributed by atoms with Crippen molar-refractivity contribution in [1.29, 1.82) is 0 Å². The van der Waals surface area contributed by atoms with Crippen molar-refractivity contribution in [3.05, 3.63) is 12.2 Å². The number of ether oxygens (including phenoxy) is 2. The quantitative estimate of drug-likeness (QED) is 0.0900. The first-order valence-corrected chi connectivity index (χ1v) is 14.4. The zero-order valence-corrected chi connectivity index (χ0v) is 22.7. The number of likely N-dealkylation sites (N-methyl/N-ethyl adjacent to an activating group) is 1. The lowest BCUT2D eigenvalue weighted by atomic mass is 10.1. The van der Waals surface area contributed by atoms with E-state index in [1.165, 1.54) is 77.7 Å². The fraction of sp³-hybridized carbons (Fsp3) is 0.920. The largest absolute Gasteiger partial charge is 0.472 e. The predicted molar refractivity (Wildman–Crippen MR) is 137 cm³/mol. The van der Waals surface area contributed by atoms with Crippen LogP contribution in [0.1, 0.15) is 90.4 Å². The maximum Gasteiger partial charge on any atom is 0.472 e. The van der Waals surface area contributed by atoms with Gasteiger partial charge in [-0.3, -0.25) is 9.05 Å². The van der Waals surface area contributed by atoms with Gasteiger partial charge in [-0.15, -0.1) is 0 Å². The molecule has 0 aliphatic carbocycles. The van der Waals surface area contributed by atoms with Crippen molar-refractivity contribution >= 4 is 7.82 Å². The second-order valence-corrected chi connectivity index (χ2v) is 10.4. The maximum absolute atomic E-state index is 11.8. The standard InChI is InChI=1S/C25H52NO6P/c1-5-6-7-8-9-10-11-12-13-14-15-16-17-18-19-21-30-23-25(29-4)24-32-33(27,28)31-22-20-26(2)3/h17-18,25H,5-16,19-24H2,1-4H3,(H,27,28)/b18-17+. The molecule has 0 radical (unpaired) electrons. The van der Waals surface area contributed by atoms with Crippen LogP contribution in [-0.4, -0.2) is 70.1 Å². The molecule has 0 aromatic carbocycles. The first-order chi connectivity index (χ1) is 15.9. The number of methoxy groups -OCH3 is 1.